The van der Waals surface area contributed by atoms with E-state index in [0.29, 0.717) is 16.8 Å². The number of amides is 1. The molecule has 4 rings (SSSR count). The van der Waals surface area contributed by atoms with Crippen molar-refractivity contribution in [1.82, 2.24) is 4.98 Å². The lowest BCUT2D eigenvalue weighted by Crippen LogP contribution is -2.24. The number of benzene rings is 2. The molecule has 30 heavy (non-hydrogen) atoms. The summed E-state index contributed by atoms with van der Waals surface area (Å²) in [6.45, 7) is 0. The molecule has 0 bridgehead atoms. The van der Waals surface area contributed by atoms with E-state index in [4.69, 9.17) is 4.42 Å². The first-order valence-electron chi connectivity index (χ1n) is 9.96. The third-order valence-corrected chi connectivity index (χ3v) is 5.31. The van der Waals surface area contributed by atoms with Crippen molar-refractivity contribution in [3.8, 4) is 22.7 Å². The van der Waals surface area contributed by atoms with Crippen LogP contribution < -0.4 is 5.32 Å². The maximum Gasteiger partial charge on any atom is 0.451 e. The van der Waals surface area contributed by atoms with Gasteiger partial charge in [-0.3, -0.25) is 4.79 Å². The first kappa shape index (κ1) is 20.2. The maximum atomic E-state index is 13.5. The van der Waals surface area contributed by atoms with Crippen LogP contribution in [0.2, 0.25) is 0 Å². The van der Waals surface area contributed by atoms with Gasteiger partial charge in [-0.05, 0) is 37.1 Å². The van der Waals surface area contributed by atoms with Crippen LogP contribution in [-0.2, 0) is 11.0 Å². The molecule has 0 radical (unpaired) electrons. The van der Waals surface area contributed by atoms with E-state index in [0.717, 1.165) is 25.7 Å². The Morgan fingerprint density at radius 3 is 2.23 bits per heavy atom. The van der Waals surface area contributed by atoms with Crippen molar-refractivity contribution in [2.45, 2.75) is 38.3 Å². The smallest absolute Gasteiger partial charge is 0.431 e. The molecule has 1 amide bonds. The van der Waals surface area contributed by atoms with E-state index in [1.165, 1.54) is 6.42 Å². The van der Waals surface area contributed by atoms with Gasteiger partial charge < -0.3 is 9.73 Å². The number of hydrogen-bond donors (Lipinski definition) is 1. The fourth-order valence-corrected chi connectivity index (χ4v) is 3.73. The molecule has 1 aliphatic rings. The van der Waals surface area contributed by atoms with Crippen LogP contribution in [0.4, 0.5) is 18.9 Å². The Morgan fingerprint density at radius 1 is 0.933 bits per heavy atom. The molecule has 0 saturated heterocycles. The summed E-state index contributed by atoms with van der Waals surface area (Å²) >= 11 is 0. The molecule has 1 aliphatic carbocycles. The lowest BCUT2D eigenvalue weighted by Gasteiger charge is -2.20. The molecular weight excluding hydrogens is 393 g/mol. The van der Waals surface area contributed by atoms with E-state index < -0.39 is 11.9 Å². The van der Waals surface area contributed by atoms with Crippen molar-refractivity contribution in [2.24, 2.45) is 5.92 Å². The first-order chi connectivity index (χ1) is 14.4. The van der Waals surface area contributed by atoms with Gasteiger partial charge in [-0.2, -0.15) is 13.2 Å². The molecule has 0 atom stereocenters. The number of halogens is 3. The van der Waals surface area contributed by atoms with Gasteiger partial charge in [-0.25, -0.2) is 4.98 Å². The molecule has 0 spiro atoms. The Morgan fingerprint density at radius 2 is 1.60 bits per heavy atom. The van der Waals surface area contributed by atoms with E-state index in [1.54, 1.807) is 54.6 Å². The molecular formula is C23H21F3N2O2. The second kappa shape index (κ2) is 8.34. The summed E-state index contributed by atoms with van der Waals surface area (Å²) in [5, 5.41) is 2.89. The van der Waals surface area contributed by atoms with Crippen LogP contribution in [-0.4, -0.2) is 10.9 Å². The molecule has 2 aromatic carbocycles. The number of anilines is 1. The fraction of sp³-hybridized carbons (Fsp3) is 0.304. The van der Waals surface area contributed by atoms with Crippen LogP contribution >= 0.6 is 0 Å². The highest BCUT2D eigenvalue weighted by atomic mass is 19.4. The Balaban J connectivity index is 1.57. The highest BCUT2D eigenvalue weighted by Gasteiger charge is 2.40. The minimum absolute atomic E-state index is 0.00991. The summed E-state index contributed by atoms with van der Waals surface area (Å²) in [6.07, 6.45) is 0.411. The molecule has 156 valence electrons. The molecule has 4 nitrogen and oxygen atoms in total. The lowest BCUT2D eigenvalue weighted by molar-refractivity contribution is -0.152. The van der Waals surface area contributed by atoms with Gasteiger partial charge in [0.15, 0.2) is 0 Å². The Hall–Kier alpha value is -3.09. The third-order valence-electron chi connectivity index (χ3n) is 5.31. The number of rotatable bonds is 4. The van der Waals surface area contributed by atoms with E-state index in [-0.39, 0.29) is 23.4 Å². The Bertz CT molecular complexity index is 1010. The van der Waals surface area contributed by atoms with Crippen molar-refractivity contribution < 1.29 is 22.4 Å². The van der Waals surface area contributed by atoms with E-state index >= 15 is 0 Å². The number of alkyl halides is 3. The number of oxazole rings is 1. The topological polar surface area (TPSA) is 55.1 Å². The van der Waals surface area contributed by atoms with Crippen molar-refractivity contribution >= 4 is 11.6 Å². The van der Waals surface area contributed by atoms with E-state index in [9.17, 15) is 18.0 Å². The lowest BCUT2D eigenvalue weighted by atomic mass is 9.88. The van der Waals surface area contributed by atoms with E-state index in [2.05, 4.69) is 10.3 Å². The van der Waals surface area contributed by atoms with Gasteiger partial charge >= 0.3 is 6.18 Å². The molecule has 0 unspecified atom stereocenters. The summed E-state index contributed by atoms with van der Waals surface area (Å²) in [5.41, 5.74) is 1.09. The van der Waals surface area contributed by atoms with E-state index in [1.807, 2.05) is 0 Å². The zero-order chi connectivity index (χ0) is 21.1. The number of aromatic nitrogens is 1. The number of hydrogen-bond acceptors (Lipinski definition) is 3. The van der Waals surface area contributed by atoms with Gasteiger partial charge in [0.05, 0.1) is 0 Å². The van der Waals surface area contributed by atoms with Crippen molar-refractivity contribution in [1.29, 1.82) is 0 Å². The van der Waals surface area contributed by atoms with Crippen LogP contribution in [0.1, 0.15) is 37.9 Å². The highest BCUT2D eigenvalue weighted by Crippen LogP contribution is 2.39. The van der Waals surface area contributed by atoms with Gasteiger partial charge in [0.1, 0.15) is 5.69 Å². The average Bonchev–Trinajstić information content (AvgIpc) is 3.22. The standard InChI is InChI=1S/C23H21F3N2O2/c24-23(25,26)20-19(15-7-3-1-4-8-15)28-22(30-20)17-11-13-18(14-12-17)27-21(29)16-9-5-2-6-10-16/h1,3-4,7-8,11-14,16H,2,5-6,9-10H2,(H,27,29). The van der Waals surface area contributed by atoms with Crippen LogP contribution in [0, 0.1) is 5.92 Å². The average molecular weight is 414 g/mol. The third kappa shape index (κ3) is 4.40. The van der Waals surface area contributed by atoms with Gasteiger partial charge in [0, 0.05) is 22.7 Å². The molecule has 7 heteroatoms. The predicted octanol–water partition coefficient (Wildman–Crippen LogP) is 6.55. The summed E-state index contributed by atoms with van der Waals surface area (Å²) in [6, 6.07) is 14.6. The molecule has 1 N–H and O–H groups in total. The zero-order valence-corrected chi connectivity index (χ0v) is 16.2. The minimum Gasteiger partial charge on any atom is -0.431 e. The largest absolute Gasteiger partial charge is 0.451 e. The molecule has 1 fully saturated rings. The van der Waals surface area contributed by atoms with Crippen LogP contribution in [0.15, 0.2) is 59.0 Å². The molecule has 1 heterocycles. The Labute approximate surface area is 172 Å². The number of carbonyl (C=O) groups is 1. The number of nitrogens with one attached hydrogen (secondary N) is 1. The van der Waals surface area contributed by atoms with Gasteiger partial charge in [-0.1, -0.05) is 49.6 Å². The second-order valence-electron chi connectivity index (χ2n) is 7.46. The van der Waals surface area contributed by atoms with Crippen molar-refractivity contribution in [3.63, 3.8) is 0 Å². The fourth-order valence-electron chi connectivity index (χ4n) is 3.73. The monoisotopic (exact) mass is 414 g/mol. The molecule has 1 aromatic heterocycles. The summed E-state index contributed by atoms with van der Waals surface area (Å²) < 4.78 is 45.5. The van der Waals surface area contributed by atoms with Crippen LogP contribution in [0.25, 0.3) is 22.7 Å². The molecule has 0 aliphatic heterocycles. The van der Waals surface area contributed by atoms with Crippen LogP contribution in [0.5, 0.6) is 0 Å². The van der Waals surface area contributed by atoms with Gasteiger partial charge in [0.2, 0.25) is 17.6 Å². The highest BCUT2D eigenvalue weighted by molar-refractivity contribution is 5.92. The second-order valence-corrected chi connectivity index (χ2v) is 7.46. The molecule has 1 saturated carbocycles. The SMILES string of the molecule is O=C(Nc1ccc(-c2nc(-c3ccccc3)c(C(F)(F)F)o2)cc1)C1CCCCC1. The summed E-state index contributed by atoms with van der Waals surface area (Å²) in [7, 11) is 0. The number of carbonyl (C=O) groups excluding carboxylic acids is 1. The van der Waals surface area contributed by atoms with Gasteiger partial charge in [0.25, 0.3) is 0 Å². The molecule has 3 aromatic rings. The van der Waals surface area contributed by atoms with Gasteiger partial charge in [-0.15, -0.1) is 0 Å². The normalized spacial score (nSPS) is 15.2. The maximum absolute atomic E-state index is 13.5. The number of nitrogens with zero attached hydrogens (tertiary/aromatic N) is 1. The Kier molecular flexibility index (Phi) is 5.61. The van der Waals surface area contributed by atoms with Crippen molar-refractivity contribution in [3.05, 3.63) is 60.4 Å². The summed E-state index contributed by atoms with van der Waals surface area (Å²) in [4.78, 5) is 16.5. The predicted molar refractivity (Wildman–Crippen MR) is 108 cm³/mol. The van der Waals surface area contributed by atoms with Crippen LogP contribution in [0.3, 0.4) is 0 Å². The quantitative estimate of drug-likeness (QED) is 0.527. The first-order valence-corrected chi connectivity index (χ1v) is 9.96. The van der Waals surface area contributed by atoms with Crippen molar-refractivity contribution in [2.75, 3.05) is 5.32 Å². The summed E-state index contributed by atoms with van der Waals surface area (Å²) in [5.74, 6) is -1.23. The zero-order valence-electron chi connectivity index (χ0n) is 16.2. The minimum atomic E-state index is -4.66.